The Labute approximate surface area is 124 Å². The lowest BCUT2D eigenvalue weighted by molar-refractivity contribution is -0.384. The van der Waals surface area contributed by atoms with Crippen molar-refractivity contribution in [2.45, 2.75) is 13.3 Å². The van der Waals surface area contributed by atoms with Gasteiger partial charge in [-0.1, -0.05) is 11.4 Å². The van der Waals surface area contributed by atoms with E-state index < -0.39 is 10.8 Å². The normalized spacial score (nSPS) is 10.1. The van der Waals surface area contributed by atoms with E-state index in [1.807, 2.05) is 6.92 Å². The maximum atomic E-state index is 12.0. The summed E-state index contributed by atoms with van der Waals surface area (Å²) >= 11 is 1.03. The van der Waals surface area contributed by atoms with E-state index in [1.165, 1.54) is 24.4 Å². The lowest BCUT2D eigenvalue weighted by Crippen LogP contribution is -2.12. The van der Waals surface area contributed by atoms with Gasteiger partial charge >= 0.3 is 0 Å². The molecule has 2 aromatic rings. The Hall–Kier alpha value is -2.55. The molecule has 0 saturated carbocycles. The average molecular weight is 307 g/mol. The topological polar surface area (TPSA) is 110 Å². The molecule has 1 heterocycles. The number of nitro benzene ring substituents is 1. The highest BCUT2D eigenvalue weighted by Crippen LogP contribution is 2.26. The molecule has 0 fully saturated rings. The Kier molecular flexibility index (Phi) is 4.77. The fourth-order valence-corrected chi connectivity index (χ4v) is 2.05. The summed E-state index contributed by atoms with van der Waals surface area (Å²) in [6, 6.07) is 4.32. The van der Waals surface area contributed by atoms with Crippen LogP contribution < -0.4 is 10.6 Å². The third-order valence-corrected chi connectivity index (χ3v) is 3.20. The van der Waals surface area contributed by atoms with Crippen molar-refractivity contribution in [1.29, 1.82) is 0 Å². The highest BCUT2D eigenvalue weighted by atomic mass is 32.1. The van der Waals surface area contributed by atoms with Gasteiger partial charge in [0.05, 0.1) is 11.1 Å². The van der Waals surface area contributed by atoms with Gasteiger partial charge in [-0.2, -0.15) is 0 Å². The van der Waals surface area contributed by atoms with E-state index in [2.05, 4.69) is 20.2 Å². The molecule has 0 atom stereocenters. The molecule has 110 valence electrons. The Bertz CT molecular complexity index is 644. The second-order valence-corrected chi connectivity index (χ2v) is 4.94. The molecular formula is C12H13N5O3S. The van der Waals surface area contributed by atoms with Gasteiger partial charge in [0.1, 0.15) is 10.7 Å². The number of carbonyl (C=O) groups is 1. The summed E-state index contributed by atoms with van der Waals surface area (Å²) in [5, 5.41) is 20.7. The van der Waals surface area contributed by atoms with Gasteiger partial charge in [-0.3, -0.25) is 14.9 Å². The quantitative estimate of drug-likeness (QED) is 0.626. The molecule has 1 aromatic heterocycles. The minimum absolute atomic E-state index is 0.126. The SMILES string of the molecule is CCCNc1ccc(C(=O)Nc2cnns2)cc1[N+](=O)[O-]. The Balaban J connectivity index is 2.22. The fraction of sp³-hybridized carbons (Fsp3) is 0.250. The number of anilines is 2. The minimum atomic E-state index is -0.511. The predicted molar refractivity (Wildman–Crippen MR) is 79.7 cm³/mol. The van der Waals surface area contributed by atoms with Crippen molar-refractivity contribution >= 4 is 33.8 Å². The number of nitrogens with zero attached hydrogens (tertiary/aromatic N) is 3. The Morgan fingerprint density at radius 3 is 2.90 bits per heavy atom. The van der Waals surface area contributed by atoms with Crippen LogP contribution in [-0.4, -0.2) is 27.0 Å². The molecule has 0 aliphatic carbocycles. The first kappa shape index (κ1) is 14.9. The zero-order chi connectivity index (χ0) is 15.2. The summed E-state index contributed by atoms with van der Waals surface area (Å²) in [5.41, 5.74) is 0.480. The molecule has 0 radical (unpaired) electrons. The summed E-state index contributed by atoms with van der Waals surface area (Å²) < 4.78 is 3.62. The van der Waals surface area contributed by atoms with Gasteiger partial charge in [-0.15, -0.1) is 5.10 Å². The van der Waals surface area contributed by atoms with Crippen LogP contribution in [0.5, 0.6) is 0 Å². The second kappa shape index (κ2) is 6.75. The molecule has 0 aliphatic heterocycles. The molecule has 0 spiro atoms. The molecule has 8 nitrogen and oxygen atoms in total. The van der Waals surface area contributed by atoms with Crippen molar-refractivity contribution in [2.24, 2.45) is 0 Å². The van der Waals surface area contributed by atoms with E-state index in [4.69, 9.17) is 0 Å². The van der Waals surface area contributed by atoms with Crippen molar-refractivity contribution < 1.29 is 9.72 Å². The van der Waals surface area contributed by atoms with E-state index in [1.54, 1.807) is 0 Å². The summed E-state index contributed by atoms with van der Waals surface area (Å²) in [6.07, 6.45) is 2.26. The summed E-state index contributed by atoms with van der Waals surface area (Å²) in [7, 11) is 0. The van der Waals surface area contributed by atoms with Crippen LogP contribution in [0, 0.1) is 10.1 Å². The zero-order valence-corrected chi connectivity index (χ0v) is 12.0. The molecule has 2 N–H and O–H groups in total. The lowest BCUT2D eigenvalue weighted by atomic mass is 10.1. The van der Waals surface area contributed by atoms with Gasteiger partial charge in [0.2, 0.25) is 0 Å². The maximum absolute atomic E-state index is 12.0. The molecule has 2 rings (SSSR count). The molecule has 0 saturated heterocycles. The van der Waals surface area contributed by atoms with Crippen molar-refractivity contribution in [2.75, 3.05) is 17.2 Å². The number of amides is 1. The summed E-state index contributed by atoms with van der Waals surface area (Å²) in [5.74, 6) is -0.439. The van der Waals surface area contributed by atoms with E-state index in [0.29, 0.717) is 17.2 Å². The standard InChI is InChI=1S/C12H13N5O3S/c1-2-5-13-9-4-3-8(6-10(9)17(19)20)12(18)15-11-7-14-16-21-11/h3-4,6-7,13H,2,5H2,1H3,(H,15,18). The molecule has 0 bridgehead atoms. The van der Waals surface area contributed by atoms with Crippen LogP contribution in [-0.2, 0) is 0 Å². The number of nitrogens with one attached hydrogen (secondary N) is 2. The Morgan fingerprint density at radius 2 is 2.29 bits per heavy atom. The van der Waals surface area contributed by atoms with Crippen LogP contribution in [0.1, 0.15) is 23.7 Å². The molecular weight excluding hydrogens is 294 g/mol. The van der Waals surface area contributed by atoms with Crippen molar-refractivity contribution in [3.8, 4) is 0 Å². The van der Waals surface area contributed by atoms with E-state index in [0.717, 1.165) is 18.0 Å². The fourth-order valence-electron chi connectivity index (χ4n) is 1.64. The molecule has 1 aromatic carbocycles. The van der Waals surface area contributed by atoms with Crippen molar-refractivity contribution in [3.63, 3.8) is 0 Å². The third kappa shape index (κ3) is 3.72. The smallest absolute Gasteiger partial charge is 0.293 e. The number of nitro groups is 1. The van der Waals surface area contributed by atoms with E-state index >= 15 is 0 Å². The number of benzene rings is 1. The first-order valence-corrected chi connectivity index (χ1v) is 7.00. The lowest BCUT2D eigenvalue weighted by Gasteiger charge is -2.07. The largest absolute Gasteiger partial charge is 0.380 e. The van der Waals surface area contributed by atoms with Gasteiger partial charge in [0.15, 0.2) is 0 Å². The van der Waals surface area contributed by atoms with Gasteiger partial charge in [-0.05, 0) is 18.6 Å². The summed E-state index contributed by atoms with van der Waals surface area (Å²) in [4.78, 5) is 22.6. The van der Waals surface area contributed by atoms with Crippen LogP contribution in [0.25, 0.3) is 0 Å². The first-order chi connectivity index (χ1) is 10.1. The highest BCUT2D eigenvalue weighted by Gasteiger charge is 2.17. The molecule has 0 unspecified atom stereocenters. The first-order valence-electron chi connectivity index (χ1n) is 6.23. The van der Waals surface area contributed by atoms with Crippen molar-refractivity contribution in [1.82, 2.24) is 9.59 Å². The predicted octanol–water partition coefficient (Wildman–Crippen LogP) is 2.52. The molecule has 21 heavy (non-hydrogen) atoms. The molecule has 0 aliphatic rings. The van der Waals surface area contributed by atoms with E-state index in [-0.39, 0.29) is 11.3 Å². The van der Waals surface area contributed by atoms with Crippen LogP contribution in [0.3, 0.4) is 0 Å². The Morgan fingerprint density at radius 1 is 1.48 bits per heavy atom. The molecule has 1 amide bonds. The number of rotatable bonds is 6. The van der Waals surface area contributed by atoms with Gasteiger partial charge < -0.3 is 10.6 Å². The minimum Gasteiger partial charge on any atom is -0.380 e. The third-order valence-electron chi connectivity index (χ3n) is 2.62. The second-order valence-electron chi connectivity index (χ2n) is 4.15. The highest BCUT2D eigenvalue weighted by molar-refractivity contribution is 7.10. The number of carbonyl (C=O) groups excluding carboxylic acids is 1. The van der Waals surface area contributed by atoms with Crippen LogP contribution in [0.15, 0.2) is 24.4 Å². The zero-order valence-electron chi connectivity index (χ0n) is 11.2. The van der Waals surface area contributed by atoms with Gasteiger partial charge in [0, 0.05) is 29.7 Å². The molecule has 9 heteroatoms. The van der Waals surface area contributed by atoms with Gasteiger partial charge in [0.25, 0.3) is 11.6 Å². The number of aromatic nitrogens is 2. The van der Waals surface area contributed by atoms with Crippen LogP contribution >= 0.6 is 11.5 Å². The maximum Gasteiger partial charge on any atom is 0.293 e. The van der Waals surface area contributed by atoms with Crippen LogP contribution in [0.2, 0.25) is 0 Å². The number of hydrogen-bond donors (Lipinski definition) is 2. The van der Waals surface area contributed by atoms with E-state index in [9.17, 15) is 14.9 Å². The monoisotopic (exact) mass is 307 g/mol. The summed E-state index contributed by atoms with van der Waals surface area (Å²) in [6.45, 7) is 2.59. The van der Waals surface area contributed by atoms with Gasteiger partial charge in [-0.25, -0.2) is 0 Å². The van der Waals surface area contributed by atoms with Crippen LogP contribution in [0.4, 0.5) is 16.4 Å². The average Bonchev–Trinajstić information content (AvgIpc) is 2.97. The number of hydrogen-bond acceptors (Lipinski definition) is 7. The van der Waals surface area contributed by atoms with Crippen molar-refractivity contribution in [3.05, 3.63) is 40.1 Å².